The minimum atomic E-state index is -0.601. The maximum atomic E-state index is 12.5. The van der Waals surface area contributed by atoms with Gasteiger partial charge in [0.15, 0.2) is 0 Å². The van der Waals surface area contributed by atoms with Gasteiger partial charge in [-0.3, -0.25) is 14.6 Å². The number of carbonyl (C=O) groups excluding carboxylic acids is 2. The van der Waals surface area contributed by atoms with Crippen molar-refractivity contribution in [2.45, 2.75) is 6.42 Å². The molecule has 1 aliphatic rings. The highest BCUT2D eigenvalue weighted by Crippen LogP contribution is 2.28. The van der Waals surface area contributed by atoms with Gasteiger partial charge in [0.05, 0.1) is 5.56 Å². The summed E-state index contributed by atoms with van der Waals surface area (Å²) in [5.74, 6) is -0.714. The first kappa shape index (κ1) is 12.3. The summed E-state index contributed by atoms with van der Waals surface area (Å²) in [5.41, 5.74) is 7.85. The number of hydrogen-bond donors (Lipinski definition) is 1. The van der Waals surface area contributed by atoms with Crippen LogP contribution >= 0.6 is 0 Å². The molecule has 5 heteroatoms. The maximum Gasteiger partial charge on any atom is 0.267 e. The zero-order chi connectivity index (χ0) is 14.1. The lowest BCUT2D eigenvalue weighted by Crippen LogP contribution is -2.29. The number of benzene rings is 1. The third kappa shape index (κ3) is 2.03. The third-order valence-corrected chi connectivity index (χ3v) is 3.40. The maximum absolute atomic E-state index is 12.5. The van der Waals surface area contributed by atoms with E-state index in [1.807, 2.05) is 24.3 Å². The number of primary amides is 1. The predicted molar refractivity (Wildman–Crippen MR) is 74.6 cm³/mol. The van der Waals surface area contributed by atoms with Gasteiger partial charge in [-0.25, -0.2) is 0 Å². The number of fused-ring (bicyclic) bond motifs is 1. The molecule has 2 heterocycles. The van der Waals surface area contributed by atoms with Gasteiger partial charge in [-0.1, -0.05) is 18.2 Å². The van der Waals surface area contributed by atoms with Crippen LogP contribution in [0, 0.1) is 0 Å². The fraction of sp³-hybridized carbons (Fsp3) is 0.133. The summed E-state index contributed by atoms with van der Waals surface area (Å²) < 4.78 is 0. The average Bonchev–Trinajstić information content (AvgIpc) is 2.90. The van der Waals surface area contributed by atoms with Crippen LogP contribution in [-0.4, -0.2) is 23.3 Å². The van der Waals surface area contributed by atoms with E-state index in [2.05, 4.69) is 4.98 Å². The molecule has 20 heavy (non-hydrogen) atoms. The molecule has 0 aliphatic carbocycles. The van der Waals surface area contributed by atoms with Crippen LogP contribution in [0.15, 0.2) is 42.6 Å². The molecule has 100 valence electrons. The highest BCUT2D eigenvalue weighted by atomic mass is 16.2. The Labute approximate surface area is 116 Å². The number of pyridine rings is 1. The second-order valence-electron chi connectivity index (χ2n) is 4.63. The number of para-hydroxylation sites is 1. The van der Waals surface area contributed by atoms with Crippen LogP contribution in [0.5, 0.6) is 0 Å². The van der Waals surface area contributed by atoms with Crippen molar-refractivity contribution in [3.05, 3.63) is 59.4 Å². The fourth-order valence-corrected chi connectivity index (χ4v) is 2.37. The Morgan fingerprint density at radius 1 is 1.15 bits per heavy atom. The first-order valence-corrected chi connectivity index (χ1v) is 6.32. The highest BCUT2D eigenvalue weighted by Gasteiger charge is 2.25. The summed E-state index contributed by atoms with van der Waals surface area (Å²) >= 11 is 0. The largest absolute Gasteiger partial charge is 0.364 e. The Bertz CT molecular complexity index is 680. The number of carbonyl (C=O) groups is 2. The number of nitrogens with zero attached hydrogens (tertiary/aromatic N) is 2. The van der Waals surface area contributed by atoms with Crippen LogP contribution in [-0.2, 0) is 6.42 Å². The fourth-order valence-electron chi connectivity index (χ4n) is 2.37. The van der Waals surface area contributed by atoms with Crippen molar-refractivity contribution >= 4 is 17.5 Å². The summed E-state index contributed by atoms with van der Waals surface area (Å²) in [4.78, 5) is 29.1. The lowest BCUT2D eigenvalue weighted by molar-refractivity contribution is 0.0979. The number of nitrogens with two attached hydrogens (primary N) is 1. The molecule has 2 aromatic rings. The highest BCUT2D eigenvalue weighted by molar-refractivity contribution is 6.07. The lowest BCUT2D eigenvalue weighted by Gasteiger charge is -2.17. The van der Waals surface area contributed by atoms with Gasteiger partial charge in [-0.2, -0.15) is 0 Å². The van der Waals surface area contributed by atoms with Crippen molar-refractivity contribution in [3.8, 4) is 0 Å². The molecule has 0 atom stereocenters. The molecule has 0 saturated carbocycles. The Kier molecular flexibility index (Phi) is 2.95. The molecule has 0 saturated heterocycles. The minimum Gasteiger partial charge on any atom is -0.364 e. The van der Waals surface area contributed by atoms with Crippen LogP contribution in [0.3, 0.4) is 0 Å². The van der Waals surface area contributed by atoms with E-state index in [1.54, 1.807) is 11.0 Å². The number of aromatic nitrogens is 1. The first-order chi connectivity index (χ1) is 9.66. The summed E-state index contributed by atoms with van der Waals surface area (Å²) in [5, 5.41) is 0. The Hall–Kier alpha value is -2.69. The van der Waals surface area contributed by atoms with E-state index in [0.29, 0.717) is 12.1 Å². The van der Waals surface area contributed by atoms with Gasteiger partial charge in [-0.15, -0.1) is 0 Å². The van der Waals surface area contributed by atoms with Crippen LogP contribution < -0.4 is 10.6 Å². The van der Waals surface area contributed by atoms with E-state index in [-0.39, 0.29) is 11.6 Å². The lowest BCUT2D eigenvalue weighted by atomic mass is 10.2. The molecule has 1 aliphatic heterocycles. The standard InChI is InChI=1S/C15H13N3O2/c16-14(19)12-6-5-11(9-17-12)15(20)18-8-7-10-3-1-2-4-13(10)18/h1-6,9H,7-8H2,(H2,16,19). The van der Waals surface area contributed by atoms with E-state index in [0.717, 1.165) is 12.1 Å². The van der Waals surface area contributed by atoms with Gasteiger partial charge >= 0.3 is 0 Å². The zero-order valence-electron chi connectivity index (χ0n) is 10.7. The molecule has 0 fully saturated rings. The second-order valence-corrected chi connectivity index (χ2v) is 4.63. The van der Waals surface area contributed by atoms with Crippen molar-refractivity contribution in [2.75, 3.05) is 11.4 Å². The van der Waals surface area contributed by atoms with E-state index in [9.17, 15) is 9.59 Å². The van der Waals surface area contributed by atoms with E-state index >= 15 is 0 Å². The molecular weight excluding hydrogens is 254 g/mol. The van der Waals surface area contributed by atoms with Gasteiger partial charge in [0.25, 0.3) is 11.8 Å². The van der Waals surface area contributed by atoms with Crippen molar-refractivity contribution in [3.63, 3.8) is 0 Å². The average molecular weight is 267 g/mol. The number of hydrogen-bond acceptors (Lipinski definition) is 3. The van der Waals surface area contributed by atoms with Crippen LogP contribution in [0.4, 0.5) is 5.69 Å². The molecule has 0 spiro atoms. The number of anilines is 1. The molecule has 0 unspecified atom stereocenters. The van der Waals surface area contributed by atoms with Gasteiger partial charge in [0.2, 0.25) is 0 Å². The SMILES string of the molecule is NC(=O)c1ccc(C(=O)N2CCc3ccccc32)cn1. The molecule has 0 radical (unpaired) electrons. The quantitative estimate of drug-likeness (QED) is 0.893. The number of rotatable bonds is 2. The Balaban J connectivity index is 1.89. The molecule has 0 bridgehead atoms. The predicted octanol–water partition coefficient (Wildman–Crippen LogP) is 1.38. The third-order valence-electron chi connectivity index (χ3n) is 3.40. The van der Waals surface area contributed by atoms with E-state index in [1.165, 1.54) is 17.8 Å². The monoisotopic (exact) mass is 267 g/mol. The summed E-state index contributed by atoms with van der Waals surface area (Å²) in [7, 11) is 0. The van der Waals surface area contributed by atoms with Crippen molar-refractivity contribution in [1.29, 1.82) is 0 Å². The van der Waals surface area contributed by atoms with Crippen molar-refractivity contribution in [1.82, 2.24) is 4.98 Å². The van der Waals surface area contributed by atoms with Gasteiger partial charge in [-0.05, 0) is 30.2 Å². The summed E-state index contributed by atoms with van der Waals surface area (Å²) in [6.45, 7) is 0.662. The molecule has 5 nitrogen and oxygen atoms in total. The zero-order valence-corrected chi connectivity index (χ0v) is 10.7. The molecule has 1 aromatic carbocycles. The minimum absolute atomic E-state index is 0.113. The molecule has 2 N–H and O–H groups in total. The molecule has 1 aromatic heterocycles. The van der Waals surface area contributed by atoms with Crippen LogP contribution in [0.1, 0.15) is 26.4 Å². The number of amides is 2. The van der Waals surface area contributed by atoms with Crippen LogP contribution in [0.25, 0.3) is 0 Å². The Morgan fingerprint density at radius 2 is 1.95 bits per heavy atom. The van der Waals surface area contributed by atoms with E-state index in [4.69, 9.17) is 5.73 Å². The van der Waals surface area contributed by atoms with Crippen LogP contribution in [0.2, 0.25) is 0 Å². The molecule has 2 amide bonds. The normalized spacial score (nSPS) is 13.1. The van der Waals surface area contributed by atoms with Crippen molar-refractivity contribution < 1.29 is 9.59 Å². The Morgan fingerprint density at radius 3 is 2.65 bits per heavy atom. The van der Waals surface area contributed by atoms with Crippen molar-refractivity contribution in [2.24, 2.45) is 5.73 Å². The smallest absolute Gasteiger partial charge is 0.267 e. The topological polar surface area (TPSA) is 76.3 Å². The summed E-state index contributed by atoms with van der Waals surface area (Å²) in [6, 6.07) is 10.9. The van der Waals surface area contributed by atoms with Gasteiger partial charge < -0.3 is 10.6 Å². The second kappa shape index (κ2) is 4.77. The molecular formula is C15H13N3O2. The van der Waals surface area contributed by atoms with Gasteiger partial charge in [0.1, 0.15) is 5.69 Å². The van der Waals surface area contributed by atoms with E-state index < -0.39 is 5.91 Å². The molecule has 3 rings (SSSR count). The first-order valence-electron chi connectivity index (χ1n) is 6.32. The van der Waals surface area contributed by atoms with Gasteiger partial charge in [0, 0.05) is 18.4 Å². The summed E-state index contributed by atoms with van der Waals surface area (Å²) in [6.07, 6.45) is 2.25.